The zero-order valence-electron chi connectivity index (χ0n) is 17.4. The van der Waals surface area contributed by atoms with Crippen LogP contribution in [0, 0.1) is 12.8 Å². The molecule has 1 aromatic carbocycles. The first-order chi connectivity index (χ1) is 14.5. The maximum absolute atomic E-state index is 12.9. The van der Waals surface area contributed by atoms with Crippen LogP contribution in [0.15, 0.2) is 24.3 Å². The van der Waals surface area contributed by atoms with E-state index in [0.29, 0.717) is 36.8 Å². The van der Waals surface area contributed by atoms with Crippen LogP contribution in [-0.4, -0.2) is 62.6 Å². The summed E-state index contributed by atoms with van der Waals surface area (Å²) in [5.74, 6) is 0.955. The molecule has 30 heavy (non-hydrogen) atoms. The third-order valence-electron chi connectivity index (χ3n) is 6.08. The van der Waals surface area contributed by atoms with Gasteiger partial charge in [-0.3, -0.25) is 9.59 Å². The number of aromatic nitrogens is 3. The van der Waals surface area contributed by atoms with E-state index >= 15 is 0 Å². The van der Waals surface area contributed by atoms with Gasteiger partial charge < -0.3 is 9.80 Å². The molecule has 0 N–H and O–H groups in total. The van der Waals surface area contributed by atoms with Crippen LogP contribution in [0.5, 0.6) is 0 Å². The molecule has 2 fully saturated rings. The normalized spacial score (nSPS) is 18.3. The second-order valence-corrected chi connectivity index (χ2v) is 8.61. The van der Waals surface area contributed by atoms with Crippen molar-refractivity contribution < 1.29 is 9.59 Å². The van der Waals surface area contributed by atoms with Crippen molar-refractivity contribution in [1.29, 1.82) is 0 Å². The monoisotopic (exact) mass is 429 g/mol. The fourth-order valence-corrected chi connectivity index (χ4v) is 4.45. The van der Waals surface area contributed by atoms with Crippen molar-refractivity contribution in [3.05, 3.63) is 40.9 Å². The van der Waals surface area contributed by atoms with Gasteiger partial charge in [0.1, 0.15) is 5.82 Å². The summed E-state index contributed by atoms with van der Waals surface area (Å²) in [6.45, 7) is 4.71. The van der Waals surface area contributed by atoms with Gasteiger partial charge in [-0.2, -0.15) is 0 Å². The summed E-state index contributed by atoms with van der Waals surface area (Å²) in [5, 5.41) is 5.06. The van der Waals surface area contributed by atoms with E-state index in [4.69, 9.17) is 11.6 Å². The Labute approximate surface area is 182 Å². The van der Waals surface area contributed by atoms with Crippen molar-refractivity contribution in [3.8, 4) is 5.69 Å². The largest absolute Gasteiger partial charge is 0.342 e. The quantitative estimate of drug-likeness (QED) is 0.748. The molecule has 8 heteroatoms. The number of rotatable bonds is 3. The van der Waals surface area contributed by atoms with Gasteiger partial charge in [-0.05, 0) is 56.9 Å². The van der Waals surface area contributed by atoms with E-state index in [1.807, 2.05) is 24.0 Å². The molecule has 4 rings (SSSR count). The lowest BCUT2D eigenvalue weighted by Crippen LogP contribution is -2.45. The molecule has 2 aliphatic heterocycles. The summed E-state index contributed by atoms with van der Waals surface area (Å²) < 4.78 is 1.65. The van der Waals surface area contributed by atoms with Gasteiger partial charge in [0.05, 0.1) is 5.69 Å². The van der Waals surface area contributed by atoms with Gasteiger partial charge in [0.2, 0.25) is 11.7 Å². The Balaban J connectivity index is 1.38. The van der Waals surface area contributed by atoms with Crippen LogP contribution in [0.3, 0.4) is 0 Å². The van der Waals surface area contributed by atoms with E-state index in [2.05, 4.69) is 10.1 Å². The summed E-state index contributed by atoms with van der Waals surface area (Å²) in [5.41, 5.74) is 0.810. The van der Waals surface area contributed by atoms with Crippen molar-refractivity contribution in [3.63, 3.8) is 0 Å². The summed E-state index contributed by atoms with van der Waals surface area (Å²) in [7, 11) is 0. The second-order valence-electron chi connectivity index (χ2n) is 8.18. The Morgan fingerprint density at radius 2 is 1.57 bits per heavy atom. The molecule has 2 aromatic rings. The van der Waals surface area contributed by atoms with E-state index in [1.165, 1.54) is 12.8 Å². The maximum Gasteiger partial charge on any atom is 0.293 e. The van der Waals surface area contributed by atoms with Crippen molar-refractivity contribution in [2.24, 2.45) is 5.92 Å². The lowest BCUT2D eigenvalue weighted by Gasteiger charge is -2.33. The van der Waals surface area contributed by atoms with Crippen LogP contribution in [0.25, 0.3) is 5.69 Å². The number of amides is 2. The Morgan fingerprint density at radius 3 is 2.20 bits per heavy atom. The molecule has 7 nitrogen and oxygen atoms in total. The Hall–Kier alpha value is -2.41. The molecule has 2 saturated heterocycles. The minimum Gasteiger partial charge on any atom is -0.342 e. The molecule has 2 amide bonds. The maximum atomic E-state index is 12.9. The predicted molar refractivity (Wildman–Crippen MR) is 115 cm³/mol. The van der Waals surface area contributed by atoms with E-state index in [9.17, 15) is 9.59 Å². The average molecular weight is 430 g/mol. The number of aryl methyl sites for hydroxylation is 1. The highest BCUT2D eigenvalue weighted by atomic mass is 35.5. The predicted octanol–water partition coefficient (Wildman–Crippen LogP) is 3.48. The van der Waals surface area contributed by atoms with Crippen LogP contribution in [0.1, 0.15) is 55.0 Å². The molecule has 1 aromatic heterocycles. The molecule has 0 saturated carbocycles. The van der Waals surface area contributed by atoms with Crippen molar-refractivity contribution in [2.45, 2.75) is 45.4 Å². The summed E-state index contributed by atoms with van der Waals surface area (Å²) in [6.07, 6.45) is 6.04. The minimum atomic E-state index is -0.175. The van der Waals surface area contributed by atoms with Crippen LogP contribution in [0.4, 0.5) is 0 Å². The van der Waals surface area contributed by atoms with Crippen molar-refractivity contribution in [1.82, 2.24) is 24.6 Å². The summed E-state index contributed by atoms with van der Waals surface area (Å²) in [4.78, 5) is 34.0. The van der Waals surface area contributed by atoms with Crippen LogP contribution >= 0.6 is 11.6 Å². The number of likely N-dealkylation sites (tertiary alicyclic amines) is 2. The van der Waals surface area contributed by atoms with Gasteiger partial charge >= 0.3 is 0 Å². The Kier molecular flexibility index (Phi) is 6.37. The molecule has 2 aliphatic rings. The third kappa shape index (κ3) is 4.51. The number of nitrogens with zero attached hydrogens (tertiary/aromatic N) is 5. The highest BCUT2D eigenvalue weighted by Crippen LogP contribution is 2.23. The highest BCUT2D eigenvalue weighted by molar-refractivity contribution is 6.30. The lowest BCUT2D eigenvalue weighted by atomic mass is 9.95. The van der Waals surface area contributed by atoms with Crippen molar-refractivity contribution >= 4 is 23.4 Å². The van der Waals surface area contributed by atoms with Crippen LogP contribution in [-0.2, 0) is 4.79 Å². The molecular formula is C22H28ClN5O2. The molecule has 0 aliphatic carbocycles. The fraction of sp³-hybridized carbons (Fsp3) is 0.545. The zero-order valence-corrected chi connectivity index (χ0v) is 18.1. The van der Waals surface area contributed by atoms with Gasteiger partial charge in [-0.25, -0.2) is 9.67 Å². The molecule has 0 unspecified atom stereocenters. The fourth-order valence-electron chi connectivity index (χ4n) is 4.33. The first kappa shape index (κ1) is 20.8. The van der Waals surface area contributed by atoms with Crippen LogP contribution in [0.2, 0.25) is 5.02 Å². The number of piperidine rings is 1. The van der Waals surface area contributed by atoms with Gasteiger partial charge in [0.15, 0.2) is 0 Å². The topological polar surface area (TPSA) is 71.3 Å². The van der Waals surface area contributed by atoms with E-state index < -0.39 is 0 Å². The van der Waals surface area contributed by atoms with Gasteiger partial charge in [-0.15, -0.1) is 5.10 Å². The van der Waals surface area contributed by atoms with Gasteiger partial charge in [0.25, 0.3) is 5.91 Å². The molecule has 0 radical (unpaired) electrons. The number of halogens is 1. The summed E-state index contributed by atoms with van der Waals surface area (Å²) >= 11 is 5.95. The second kappa shape index (κ2) is 9.16. The third-order valence-corrected chi connectivity index (χ3v) is 6.33. The standard InChI is InChI=1S/C22H28ClN5O2/c1-16-24-20(25-28(16)19-8-6-18(23)7-9-19)22(30)27-14-10-17(11-15-27)21(29)26-12-4-2-3-5-13-26/h6-9,17H,2-5,10-15H2,1H3. The first-order valence-electron chi connectivity index (χ1n) is 10.8. The Morgan fingerprint density at radius 1 is 0.933 bits per heavy atom. The van der Waals surface area contributed by atoms with E-state index in [-0.39, 0.29) is 23.6 Å². The number of benzene rings is 1. The number of carbonyl (C=O) groups is 2. The smallest absolute Gasteiger partial charge is 0.293 e. The van der Waals surface area contributed by atoms with Crippen molar-refractivity contribution in [2.75, 3.05) is 26.2 Å². The highest BCUT2D eigenvalue weighted by Gasteiger charge is 2.32. The number of hydrogen-bond donors (Lipinski definition) is 0. The van der Waals surface area contributed by atoms with Gasteiger partial charge in [-0.1, -0.05) is 24.4 Å². The zero-order chi connectivity index (χ0) is 21.1. The molecule has 0 spiro atoms. The SMILES string of the molecule is Cc1nc(C(=O)N2CCC(C(=O)N3CCCCCC3)CC2)nn1-c1ccc(Cl)cc1. The minimum absolute atomic E-state index is 0.0217. The molecule has 3 heterocycles. The number of hydrogen-bond acceptors (Lipinski definition) is 4. The molecule has 160 valence electrons. The molecule has 0 bridgehead atoms. The van der Waals surface area contributed by atoms with E-state index in [1.54, 1.807) is 21.7 Å². The van der Waals surface area contributed by atoms with E-state index in [0.717, 1.165) is 31.6 Å². The lowest BCUT2D eigenvalue weighted by molar-refractivity contribution is -0.136. The van der Waals surface area contributed by atoms with Crippen LogP contribution < -0.4 is 0 Å². The van der Waals surface area contributed by atoms with Gasteiger partial charge in [0, 0.05) is 37.1 Å². The first-order valence-corrected chi connectivity index (χ1v) is 11.2. The molecule has 0 atom stereocenters. The average Bonchev–Trinajstić information content (AvgIpc) is 2.97. The number of carbonyl (C=O) groups excluding carboxylic acids is 2. The Bertz CT molecular complexity index is 895. The summed E-state index contributed by atoms with van der Waals surface area (Å²) in [6, 6.07) is 7.26. The molecular weight excluding hydrogens is 402 g/mol.